The minimum atomic E-state index is -0.328. The van der Waals surface area contributed by atoms with Gasteiger partial charge in [-0.15, -0.1) is 0 Å². The van der Waals surface area contributed by atoms with Crippen LogP contribution in [-0.4, -0.2) is 46.6 Å². The van der Waals surface area contributed by atoms with Crippen LogP contribution in [0.25, 0.3) is 11.5 Å². The zero-order valence-corrected chi connectivity index (χ0v) is 18.0. The quantitative estimate of drug-likeness (QED) is 0.493. The normalized spacial score (nSPS) is 13.8. The van der Waals surface area contributed by atoms with Gasteiger partial charge in [0.05, 0.1) is 25.1 Å². The molecule has 1 amide bonds. The molecule has 1 aliphatic heterocycles. The SMILES string of the molecule is O=C(NCc1ccc(N2CCOCC2)cc1)c1cnn(-c2ccc(F)cc2)c1-n1cccc1. The number of carbonyl (C=O) groups is 1. The molecule has 0 saturated carbocycles. The molecule has 2 aromatic heterocycles. The summed E-state index contributed by atoms with van der Waals surface area (Å²) in [6.07, 6.45) is 5.23. The van der Waals surface area contributed by atoms with Crippen LogP contribution < -0.4 is 10.2 Å². The van der Waals surface area contributed by atoms with E-state index in [1.165, 1.54) is 18.3 Å². The van der Waals surface area contributed by atoms with Crippen LogP contribution >= 0.6 is 0 Å². The Balaban J connectivity index is 1.34. The summed E-state index contributed by atoms with van der Waals surface area (Å²) in [7, 11) is 0. The van der Waals surface area contributed by atoms with E-state index in [1.807, 2.05) is 41.2 Å². The van der Waals surface area contributed by atoms with Crippen LogP contribution in [0.4, 0.5) is 10.1 Å². The van der Waals surface area contributed by atoms with Gasteiger partial charge in [0.25, 0.3) is 5.91 Å². The molecule has 0 spiro atoms. The van der Waals surface area contributed by atoms with Gasteiger partial charge >= 0.3 is 0 Å². The first-order valence-corrected chi connectivity index (χ1v) is 10.9. The maximum Gasteiger partial charge on any atom is 0.256 e. The second-order valence-electron chi connectivity index (χ2n) is 7.81. The van der Waals surface area contributed by atoms with Crippen molar-refractivity contribution in [2.75, 3.05) is 31.2 Å². The van der Waals surface area contributed by atoms with E-state index in [1.54, 1.807) is 16.8 Å². The van der Waals surface area contributed by atoms with Gasteiger partial charge in [0.2, 0.25) is 0 Å². The smallest absolute Gasteiger partial charge is 0.256 e. The molecule has 3 heterocycles. The molecule has 7 nitrogen and oxygen atoms in total. The van der Waals surface area contributed by atoms with Gasteiger partial charge < -0.3 is 19.5 Å². The minimum absolute atomic E-state index is 0.232. The highest BCUT2D eigenvalue weighted by molar-refractivity contribution is 5.97. The second-order valence-corrected chi connectivity index (χ2v) is 7.81. The number of anilines is 1. The molecule has 0 atom stereocenters. The largest absolute Gasteiger partial charge is 0.378 e. The van der Waals surface area contributed by atoms with Crippen LogP contribution in [-0.2, 0) is 11.3 Å². The zero-order chi connectivity index (χ0) is 22.6. The molecule has 8 heteroatoms. The predicted octanol–water partition coefficient (Wildman–Crippen LogP) is 3.57. The first-order valence-electron chi connectivity index (χ1n) is 10.9. The summed E-state index contributed by atoms with van der Waals surface area (Å²) in [5.41, 5.74) is 3.26. The lowest BCUT2D eigenvalue weighted by atomic mass is 10.2. The van der Waals surface area contributed by atoms with Gasteiger partial charge in [0.15, 0.2) is 5.82 Å². The molecule has 1 N–H and O–H groups in total. The predicted molar refractivity (Wildman–Crippen MR) is 123 cm³/mol. The number of nitrogens with zero attached hydrogens (tertiary/aromatic N) is 4. The average Bonchev–Trinajstić information content (AvgIpc) is 3.54. The highest BCUT2D eigenvalue weighted by Gasteiger charge is 2.20. The van der Waals surface area contributed by atoms with Crippen molar-refractivity contribution in [3.8, 4) is 11.5 Å². The van der Waals surface area contributed by atoms with Gasteiger partial charge in [0, 0.05) is 37.7 Å². The average molecular weight is 445 g/mol. The number of morpholine rings is 1. The Kier molecular flexibility index (Phi) is 5.91. The number of rotatable bonds is 6. The summed E-state index contributed by atoms with van der Waals surface area (Å²) in [6, 6.07) is 18.0. The number of amides is 1. The van der Waals surface area contributed by atoms with Crippen molar-refractivity contribution in [2.24, 2.45) is 0 Å². The third kappa shape index (κ3) is 4.51. The number of nitrogens with one attached hydrogen (secondary N) is 1. The summed E-state index contributed by atoms with van der Waals surface area (Å²) in [4.78, 5) is 15.4. The molecule has 168 valence electrons. The van der Waals surface area contributed by atoms with Crippen LogP contribution in [0.1, 0.15) is 15.9 Å². The second kappa shape index (κ2) is 9.30. The van der Waals surface area contributed by atoms with Crippen LogP contribution in [0.5, 0.6) is 0 Å². The molecule has 1 saturated heterocycles. The maximum absolute atomic E-state index is 13.4. The minimum Gasteiger partial charge on any atom is -0.378 e. The Morgan fingerprint density at radius 2 is 1.64 bits per heavy atom. The molecule has 33 heavy (non-hydrogen) atoms. The van der Waals surface area contributed by atoms with Crippen molar-refractivity contribution in [3.63, 3.8) is 0 Å². The molecular formula is C25H24FN5O2. The van der Waals surface area contributed by atoms with Gasteiger partial charge in [-0.2, -0.15) is 5.10 Å². The summed E-state index contributed by atoms with van der Waals surface area (Å²) < 4.78 is 22.3. The Labute approximate surface area is 191 Å². The van der Waals surface area contributed by atoms with Crippen molar-refractivity contribution in [1.29, 1.82) is 0 Å². The third-order valence-corrected chi connectivity index (χ3v) is 5.67. The number of halogens is 1. The van der Waals surface area contributed by atoms with E-state index in [0.29, 0.717) is 23.6 Å². The van der Waals surface area contributed by atoms with E-state index in [-0.39, 0.29) is 11.7 Å². The molecule has 0 unspecified atom stereocenters. The maximum atomic E-state index is 13.4. The summed E-state index contributed by atoms with van der Waals surface area (Å²) >= 11 is 0. The van der Waals surface area contributed by atoms with E-state index < -0.39 is 0 Å². The molecular weight excluding hydrogens is 421 g/mol. The van der Waals surface area contributed by atoms with Crippen LogP contribution in [0.3, 0.4) is 0 Å². The van der Waals surface area contributed by atoms with Gasteiger partial charge in [-0.3, -0.25) is 4.79 Å². The van der Waals surface area contributed by atoms with Crippen molar-refractivity contribution in [1.82, 2.24) is 19.7 Å². The van der Waals surface area contributed by atoms with Crippen molar-refractivity contribution in [3.05, 3.63) is 96.2 Å². The van der Waals surface area contributed by atoms with Gasteiger partial charge in [-0.05, 0) is 54.1 Å². The number of carbonyl (C=O) groups excluding carboxylic acids is 1. The van der Waals surface area contributed by atoms with E-state index in [4.69, 9.17) is 4.74 Å². The molecule has 0 aliphatic carbocycles. The van der Waals surface area contributed by atoms with Crippen LogP contribution in [0, 0.1) is 5.82 Å². The molecule has 0 radical (unpaired) electrons. The van der Waals surface area contributed by atoms with E-state index in [2.05, 4.69) is 27.4 Å². The van der Waals surface area contributed by atoms with E-state index in [0.717, 1.165) is 37.6 Å². The zero-order valence-electron chi connectivity index (χ0n) is 18.0. The van der Waals surface area contributed by atoms with Crippen LogP contribution in [0.2, 0.25) is 0 Å². The molecule has 1 fully saturated rings. The Morgan fingerprint density at radius 3 is 2.33 bits per heavy atom. The molecule has 2 aromatic carbocycles. The number of hydrogen-bond donors (Lipinski definition) is 1. The Bertz CT molecular complexity index is 1210. The number of ether oxygens (including phenoxy) is 1. The Morgan fingerprint density at radius 1 is 0.970 bits per heavy atom. The molecule has 5 rings (SSSR count). The number of hydrogen-bond acceptors (Lipinski definition) is 4. The highest BCUT2D eigenvalue weighted by atomic mass is 19.1. The third-order valence-electron chi connectivity index (χ3n) is 5.67. The van der Waals surface area contributed by atoms with Gasteiger partial charge in [-0.1, -0.05) is 12.1 Å². The first-order chi connectivity index (χ1) is 16.2. The molecule has 1 aliphatic rings. The lowest BCUT2D eigenvalue weighted by molar-refractivity contribution is 0.0951. The Hall–Kier alpha value is -3.91. The monoisotopic (exact) mass is 445 g/mol. The lowest BCUT2D eigenvalue weighted by Gasteiger charge is -2.28. The van der Waals surface area contributed by atoms with Gasteiger partial charge in [-0.25, -0.2) is 9.07 Å². The summed E-state index contributed by atoms with van der Waals surface area (Å²) in [5, 5.41) is 7.40. The van der Waals surface area contributed by atoms with E-state index in [9.17, 15) is 9.18 Å². The first kappa shape index (κ1) is 21.0. The van der Waals surface area contributed by atoms with Crippen LogP contribution in [0.15, 0.2) is 79.3 Å². The molecule has 4 aromatic rings. The fourth-order valence-electron chi connectivity index (χ4n) is 3.92. The topological polar surface area (TPSA) is 64.3 Å². The summed E-state index contributed by atoms with van der Waals surface area (Å²) in [6.45, 7) is 3.65. The van der Waals surface area contributed by atoms with Gasteiger partial charge in [0.1, 0.15) is 11.4 Å². The van der Waals surface area contributed by atoms with E-state index >= 15 is 0 Å². The standard InChI is InChI=1S/C25H24FN5O2/c26-20-5-9-22(10-6-20)31-25(30-11-1-2-12-30)23(18-28-31)24(32)27-17-19-3-7-21(8-4-19)29-13-15-33-16-14-29/h1-12,18H,13-17H2,(H,27,32). The fraction of sp³-hybridized carbons (Fsp3) is 0.200. The fourth-order valence-corrected chi connectivity index (χ4v) is 3.92. The summed E-state index contributed by atoms with van der Waals surface area (Å²) in [5.74, 6) is 0.0297. The highest BCUT2D eigenvalue weighted by Crippen LogP contribution is 2.21. The van der Waals surface area contributed by atoms with Crippen molar-refractivity contribution < 1.29 is 13.9 Å². The lowest BCUT2D eigenvalue weighted by Crippen LogP contribution is -2.36. The number of aromatic nitrogens is 3. The number of benzene rings is 2. The van der Waals surface area contributed by atoms with Crippen molar-refractivity contribution >= 4 is 11.6 Å². The molecule has 0 bridgehead atoms. The van der Waals surface area contributed by atoms with Crippen molar-refractivity contribution in [2.45, 2.75) is 6.54 Å².